The Balaban J connectivity index is 1.62. The summed E-state index contributed by atoms with van der Waals surface area (Å²) in [5.41, 5.74) is 2.84. The van der Waals surface area contributed by atoms with Crippen LogP contribution in [0.15, 0.2) is 72.7 Å². The Kier molecular flexibility index (Phi) is 5.15. The number of aryl methyl sites for hydroxylation is 1. The topological polar surface area (TPSA) is 92.6 Å². The predicted octanol–water partition coefficient (Wildman–Crippen LogP) is 3.42. The first-order valence-corrected chi connectivity index (χ1v) is 10.5. The fraction of sp³-hybridized carbons (Fsp3) is 0.200. The molecule has 0 spiro atoms. The number of ketones is 1. The van der Waals surface area contributed by atoms with Crippen LogP contribution in [0.2, 0.25) is 0 Å². The second kappa shape index (κ2) is 8.26. The molecule has 2 aliphatic heterocycles. The molecule has 1 amide bonds. The number of ether oxygens (including phenoxy) is 1. The third kappa shape index (κ3) is 3.51. The van der Waals surface area contributed by atoms with Crippen LogP contribution in [-0.2, 0) is 22.6 Å². The van der Waals surface area contributed by atoms with Crippen molar-refractivity contribution in [3.8, 4) is 5.75 Å². The van der Waals surface area contributed by atoms with E-state index in [1.54, 1.807) is 61.1 Å². The highest BCUT2D eigenvalue weighted by Gasteiger charge is 2.46. The Labute approximate surface area is 185 Å². The number of fused-ring (bicyclic) bond motifs is 1. The van der Waals surface area contributed by atoms with Gasteiger partial charge in [-0.3, -0.25) is 19.6 Å². The Morgan fingerprint density at radius 2 is 1.94 bits per heavy atom. The van der Waals surface area contributed by atoms with Crippen LogP contribution in [0, 0.1) is 0 Å². The van der Waals surface area contributed by atoms with Crippen LogP contribution < -0.4 is 4.74 Å². The van der Waals surface area contributed by atoms with Crippen LogP contribution in [0.4, 0.5) is 0 Å². The van der Waals surface area contributed by atoms with E-state index in [9.17, 15) is 14.7 Å². The second-order valence-corrected chi connectivity index (χ2v) is 7.81. The second-order valence-electron chi connectivity index (χ2n) is 7.81. The van der Waals surface area contributed by atoms with Gasteiger partial charge in [-0.2, -0.15) is 0 Å². The van der Waals surface area contributed by atoms with Gasteiger partial charge >= 0.3 is 0 Å². The Morgan fingerprint density at radius 1 is 1.09 bits per heavy atom. The van der Waals surface area contributed by atoms with Crippen molar-refractivity contribution in [3.63, 3.8) is 0 Å². The quantitative estimate of drug-likeness (QED) is 0.390. The van der Waals surface area contributed by atoms with Gasteiger partial charge in [0.25, 0.3) is 11.7 Å². The van der Waals surface area contributed by atoms with Crippen molar-refractivity contribution in [1.29, 1.82) is 0 Å². The number of hydrogen-bond acceptors (Lipinski definition) is 6. The summed E-state index contributed by atoms with van der Waals surface area (Å²) < 4.78 is 5.65. The maximum atomic E-state index is 13.1. The summed E-state index contributed by atoms with van der Waals surface area (Å²) in [6.45, 7) is 0.862. The number of hydrogen-bond donors (Lipinski definition) is 1. The SMILES string of the molecule is O=C1C(=O)N(Cc2ccncc2)C(c2ccccn2)/C1=C(/O)c1ccc2c(c1)CCCO2. The number of carbonyl (C=O) groups excluding carboxylic acids is 2. The molecule has 1 N–H and O–H groups in total. The van der Waals surface area contributed by atoms with Gasteiger partial charge in [0, 0.05) is 30.7 Å². The lowest BCUT2D eigenvalue weighted by Gasteiger charge is -2.24. The average Bonchev–Trinajstić information content (AvgIpc) is 3.09. The zero-order valence-electron chi connectivity index (χ0n) is 17.3. The predicted molar refractivity (Wildman–Crippen MR) is 117 cm³/mol. The number of aliphatic hydroxyl groups excluding tert-OH is 1. The molecule has 3 aromatic rings. The molecular weight excluding hydrogens is 406 g/mol. The van der Waals surface area contributed by atoms with E-state index in [2.05, 4.69) is 9.97 Å². The van der Waals surface area contributed by atoms with Gasteiger partial charge in [0.05, 0.1) is 17.9 Å². The Hall–Kier alpha value is -4.00. The van der Waals surface area contributed by atoms with Gasteiger partial charge in [0.1, 0.15) is 17.6 Å². The molecule has 5 rings (SSSR count). The summed E-state index contributed by atoms with van der Waals surface area (Å²) in [7, 11) is 0. The minimum atomic E-state index is -0.795. The van der Waals surface area contributed by atoms with Gasteiger partial charge in [0.15, 0.2) is 0 Å². The number of benzene rings is 1. The third-order valence-corrected chi connectivity index (χ3v) is 5.79. The Bertz CT molecular complexity index is 1210. The van der Waals surface area contributed by atoms with Gasteiger partial charge in [-0.25, -0.2) is 0 Å². The lowest BCUT2D eigenvalue weighted by Crippen LogP contribution is -2.29. The average molecular weight is 427 g/mol. The summed E-state index contributed by atoms with van der Waals surface area (Å²) in [5.74, 6) is -0.807. The molecule has 0 bridgehead atoms. The van der Waals surface area contributed by atoms with Crippen molar-refractivity contribution in [2.45, 2.75) is 25.4 Å². The lowest BCUT2D eigenvalue weighted by atomic mass is 9.96. The van der Waals surface area contributed by atoms with E-state index in [-0.39, 0.29) is 17.9 Å². The van der Waals surface area contributed by atoms with Crippen LogP contribution in [0.1, 0.15) is 34.8 Å². The zero-order chi connectivity index (χ0) is 22.1. The first kappa shape index (κ1) is 19.9. The summed E-state index contributed by atoms with van der Waals surface area (Å²) in [6.07, 6.45) is 6.60. The number of aliphatic hydroxyl groups is 1. The first-order chi connectivity index (χ1) is 15.6. The van der Waals surface area contributed by atoms with Crippen molar-refractivity contribution < 1.29 is 19.4 Å². The number of amides is 1. The molecule has 2 aromatic heterocycles. The van der Waals surface area contributed by atoms with Crippen molar-refractivity contribution in [2.24, 2.45) is 0 Å². The molecule has 1 aromatic carbocycles. The van der Waals surface area contributed by atoms with E-state index in [4.69, 9.17) is 4.74 Å². The van der Waals surface area contributed by atoms with Crippen LogP contribution in [0.25, 0.3) is 5.76 Å². The van der Waals surface area contributed by atoms with Crippen LogP contribution >= 0.6 is 0 Å². The monoisotopic (exact) mass is 427 g/mol. The third-order valence-electron chi connectivity index (χ3n) is 5.79. The van der Waals surface area contributed by atoms with Gasteiger partial charge in [-0.05, 0) is 66.4 Å². The van der Waals surface area contributed by atoms with Gasteiger partial charge in [-0.15, -0.1) is 0 Å². The van der Waals surface area contributed by atoms with Crippen LogP contribution in [-0.4, -0.2) is 38.3 Å². The molecule has 7 heteroatoms. The van der Waals surface area contributed by atoms with Crippen molar-refractivity contribution in [1.82, 2.24) is 14.9 Å². The first-order valence-electron chi connectivity index (χ1n) is 10.5. The van der Waals surface area contributed by atoms with Crippen molar-refractivity contribution >= 4 is 17.4 Å². The van der Waals surface area contributed by atoms with Crippen LogP contribution in [0.3, 0.4) is 0 Å². The maximum Gasteiger partial charge on any atom is 0.296 e. The highest BCUT2D eigenvalue weighted by molar-refractivity contribution is 6.46. The minimum absolute atomic E-state index is 0.0411. The van der Waals surface area contributed by atoms with E-state index < -0.39 is 17.7 Å². The summed E-state index contributed by atoms with van der Waals surface area (Å²) in [6, 6.07) is 13.4. The van der Waals surface area contributed by atoms with E-state index in [0.717, 1.165) is 29.7 Å². The van der Waals surface area contributed by atoms with E-state index in [1.807, 2.05) is 6.07 Å². The fourth-order valence-corrected chi connectivity index (χ4v) is 4.24. The summed E-state index contributed by atoms with van der Waals surface area (Å²) in [5, 5.41) is 11.2. The number of rotatable bonds is 4. The largest absolute Gasteiger partial charge is 0.507 e. The maximum absolute atomic E-state index is 13.1. The van der Waals surface area contributed by atoms with E-state index in [0.29, 0.717) is 17.9 Å². The van der Waals surface area contributed by atoms with Gasteiger partial charge < -0.3 is 14.7 Å². The number of carbonyl (C=O) groups is 2. The van der Waals surface area contributed by atoms with Gasteiger partial charge in [0.2, 0.25) is 0 Å². The van der Waals surface area contributed by atoms with Crippen LogP contribution in [0.5, 0.6) is 5.75 Å². The van der Waals surface area contributed by atoms with Crippen molar-refractivity contribution in [2.75, 3.05) is 6.61 Å². The van der Waals surface area contributed by atoms with Gasteiger partial charge in [-0.1, -0.05) is 6.07 Å². The molecule has 160 valence electrons. The summed E-state index contributed by atoms with van der Waals surface area (Å²) in [4.78, 5) is 36.0. The Morgan fingerprint density at radius 3 is 2.72 bits per heavy atom. The van der Waals surface area contributed by atoms with E-state index >= 15 is 0 Å². The lowest BCUT2D eigenvalue weighted by molar-refractivity contribution is -0.140. The summed E-state index contributed by atoms with van der Waals surface area (Å²) >= 11 is 0. The number of pyridine rings is 2. The molecule has 1 saturated heterocycles. The molecule has 0 saturated carbocycles. The number of likely N-dealkylation sites (tertiary alicyclic amines) is 1. The fourth-order valence-electron chi connectivity index (χ4n) is 4.24. The molecule has 1 unspecified atom stereocenters. The zero-order valence-corrected chi connectivity index (χ0v) is 17.3. The minimum Gasteiger partial charge on any atom is -0.507 e. The molecule has 4 heterocycles. The number of Topliss-reactive ketones (excluding diaryl/α,β-unsaturated/α-hetero) is 1. The number of nitrogens with zero attached hydrogens (tertiary/aromatic N) is 3. The molecule has 2 aliphatic rings. The standard InChI is InChI=1S/C25H21N3O4/c29-23(18-6-7-20-17(14-18)4-3-13-32-20)21-22(19-5-1-2-10-27-19)28(25(31)24(21)30)15-16-8-11-26-12-9-16/h1-2,5-12,14,22,29H,3-4,13,15H2/b23-21-. The molecule has 1 fully saturated rings. The molecule has 1 atom stereocenters. The smallest absolute Gasteiger partial charge is 0.296 e. The van der Waals surface area contributed by atoms with E-state index in [1.165, 1.54) is 4.90 Å². The highest BCUT2D eigenvalue weighted by Crippen LogP contribution is 2.40. The molecule has 0 radical (unpaired) electrons. The molecular formula is C25H21N3O4. The highest BCUT2D eigenvalue weighted by atomic mass is 16.5. The molecule has 7 nitrogen and oxygen atoms in total. The molecule has 0 aliphatic carbocycles. The van der Waals surface area contributed by atoms with Crippen molar-refractivity contribution in [3.05, 3.63) is 95.1 Å². The molecule has 32 heavy (non-hydrogen) atoms. The normalized spacial score (nSPS) is 19.5. The number of aromatic nitrogens is 2.